The summed E-state index contributed by atoms with van der Waals surface area (Å²) in [5, 5.41) is 2.92. The first-order valence-electron chi connectivity index (χ1n) is 6.50. The summed E-state index contributed by atoms with van der Waals surface area (Å²) < 4.78 is 0. The Morgan fingerprint density at radius 1 is 1.35 bits per heavy atom. The minimum Gasteiger partial charge on any atom is -0.333 e. The molecule has 0 atom stereocenters. The molecule has 0 fully saturated rings. The minimum absolute atomic E-state index is 0.0685. The fourth-order valence-corrected chi connectivity index (χ4v) is 2.62. The Bertz CT molecular complexity index is 594. The molecule has 1 aromatic heterocycles. The minimum atomic E-state index is -0.0685. The number of benzene rings is 1. The van der Waals surface area contributed by atoms with E-state index in [9.17, 15) is 4.79 Å². The molecule has 1 aromatic carbocycles. The number of carbonyl (C=O) groups excluding carboxylic acids is 1. The summed E-state index contributed by atoms with van der Waals surface area (Å²) in [5.74, 6) is 0. The van der Waals surface area contributed by atoms with E-state index in [1.165, 1.54) is 11.1 Å². The fourth-order valence-electron chi connectivity index (χ4n) is 1.90. The molecule has 2 rings (SSSR count). The topological polar surface area (TPSA) is 45.2 Å². The maximum Gasteiger partial charge on any atom is 0.317 e. The molecule has 0 saturated heterocycles. The Balaban J connectivity index is 1.89. The predicted octanol–water partition coefficient (Wildman–Crippen LogP) is 3.10. The van der Waals surface area contributed by atoms with E-state index in [1.54, 1.807) is 28.8 Å². The van der Waals surface area contributed by atoms with Gasteiger partial charge in [-0.15, -0.1) is 11.3 Å². The van der Waals surface area contributed by atoms with Gasteiger partial charge in [-0.05, 0) is 25.0 Å². The Labute approximate surface area is 123 Å². The maximum absolute atomic E-state index is 12.1. The third-order valence-electron chi connectivity index (χ3n) is 3.26. The van der Waals surface area contributed by atoms with E-state index in [2.05, 4.69) is 23.3 Å². The molecule has 2 aromatic rings. The van der Waals surface area contributed by atoms with Crippen molar-refractivity contribution in [1.82, 2.24) is 15.2 Å². The molecule has 5 heteroatoms. The van der Waals surface area contributed by atoms with Crippen molar-refractivity contribution < 1.29 is 4.79 Å². The molecule has 0 aliphatic heterocycles. The quantitative estimate of drug-likeness (QED) is 0.940. The normalized spacial score (nSPS) is 10.3. The zero-order valence-corrected chi connectivity index (χ0v) is 12.8. The largest absolute Gasteiger partial charge is 0.333 e. The Kier molecular flexibility index (Phi) is 4.74. The number of urea groups is 1. The average molecular weight is 289 g/mol. The van der Waals surface area contributed by atoms with Crippen molar-refractivity contribution in [2.45, 2.75) is 26.9 Å². The van der Waals surface area contributed by atoms with Crippen molar-refractivity contribution in [2.75, 3.05) is 7.05 Å². The summed E-state index contributed by atoms with van der Waals surface area (Å²) in [7, 11) is 1.81. The smallest absolute Gasteiger partial charge is 0.317 e. The first-order chi connectivity index (χ1) is 9.58. The van der Waals surface area contributed by atoms with Gasteiger partial charge in [0.2, 0.25) is 0 Å². The molecule has 0 saturated carbocycles. The second kappa shape index (κ2) is 6.52. The SMILES string of the molecule is Cc1ccccc1CN(C)C(=O)NCc1scnc1C. The molecular formula is C15H19N3OS. The van der Waals surface area contributed by atoms with Crippen LogP contribution in [0.2, 0.25) is 0 Å². The van der Waals surface area contributed by atoms with Crippen LogP contribution in [-0.2, 0) is 13.1 Å². The van der Waals surface area contributed by atoms with Gasteiger partial charge in [-0.25, -0.2) is 9.78 Å². The van der Waals surface area contributed by atoms with Crippen molar-refractivity contribution >= 4 is 17.4 Å². The van der Waals surface area contributed by atoms with Gasteiger partial charge >= 0.3 is 6.03 Å². The van der Waals surface area contributed by atoms with Crippen LogP contribution in [0, 0.1) is 13.8 Å². The Hall–Kier alpha value is -1.88. The number of hydrogen-bond acceptors (Lipinski definition) is 3. The van der Waals surface area contributed by atoms with Gasteiger partial charge in [-0.3, -0.25) is 0 Å². The van der Waals surface area contributed by atoms with Gasteiger partial charge in [-0.1, -0.05) is 24.3 Å². The number of aryl methyl sites for hydroxylation is 2. The summed E-state index contributed by atoms with van der Waals surface area (Å²) in [5.41, 5.74) is 5.15. The molecule has 1 N–H and O–H groups in total. The number of thiazole rings is 1. The molecule has 0 radical (unpaired) electrons. The number of rotatable bonds is 4. The van der Waals surface area contributed by atoms with Crippen molar-refractivity contribution in [3.05, 3.63) is 51.5 Å². The Morgan fingerprint density at radius 2 is 2.10 bits per heavy atom. The van der Waals surface area contributed by atoms with Crippen molar-refractivity contribution in [2.24, 2.45) is 0 Å². The Morgan fingerprint density at radius 3 is 2.75 bits per heavy atom. The second-order valence-electron chi connectivity index (χ2n) is 4.80. The number of hydrogen-bond donors (Lipinski definition) is 1. The van der Waals surface area contributed by atoms with Crippen molar-refractivity contribution in [3.63, 3.8) is 0 Å². The summed E-state index contributed by atoms with van der Waals surface area (Å²) in [6.45, 7) is 5.16. The summed E-state index contributed by atoms with van der Waals surface area (Å²) in [6.07, 6.45) is 0. The van der Waals surface area contributed by atoms with Gasteiger partial charge in [0.25, 0.3) is 0 Å². The lowest BCUT2D eigenvalue weighted by Crippen LogP contribution is -2.36. The van der Waals surface area contributed by atoms with Gasteiger partial charge in [-0.2, -0.15) is 0 Å². The molecule has 20 heavy (non-hydrogen) atoms. The maximum atomic E-state index is 12.1. The van der Waals surface area contributed by atoms with E-state index in [-0.39, 0.29) is 6.03 Å². The van der Waals surface area contributed by atoms with Gasteiger partial charge in [0.15, 0.2) is 0 Å². The summed E-state index contributed by atoms with van der Waals surface area (Å²) in [4.78, 5) is 19.0. The van der Waals surface area contributed by atoms with E-state index >= 15 is 0 Å². The highest BCUT2D eigenvalue weighted by molar-refractivity contribution is 7.09. The van der Waals surface area contributed by atoms with Crippen LogP contribution in [0.5, 0.6) is 0 Å². The van der Waals surface area contributed by atoms with E-state index in [0.717, 1.165) is 10.6 Å². The van der Waals surface area contributed by atoms with Gasteiger partial charge in [0.1, 0.15) is 0 Å². The van der Waals surface area contributed by atoms with Crippen LogP contribution in [0.4, 0.5) is 4.79 Å². The molecule has 4 nitrogen and oxygen atoms in total. The molecule has 0 spiro atoms. The first kappa shape index (κ1) is 14.5. The highest BCUT2D eigenvalue weighted by Gasteiger charge is 2.11. The van der Waals surface area contributed by atoms with E-state index < -0.39 is 0 Å². The van der Waals surface area contributed by atoms with Crippen LogP contribution in [-0.4, -0.2) is 23.0 Å². The van der Waals surface area contributed by atoms with Crippen LogP contribution in [0.25, 0.3) is 0 Å². The lowest BCUT2D eigenvalue weighted by Gasteiger charge is -2.19. The number of aromatic nitrogens is 1. The molecule has 2 amide bonds. The highest BCUT2D eigenvalue weighted by Crippen LogP contribution is 2.12. The standard InChI is InChI=1S/C15H19N3OS/c1-11-6-4-5-7-13(11)9-18(3)15(19)16-8-14-12(2)17-10-20-14/h4-7,10H,8-9H2,1-3H3,(H,16,19). The zero-order valence-electron chi connectivity index (χ0n) is 12.0. The van der Waals surface area contributed by atoms with Crippen LogP contribution in [0.15, 0.2) is 29.8 Å². The lowest BCUT2D eigenvalue weighted by atomic mass is 10.1. The zero-order chi connectivity index (χ0) is 14.5. The molecular weight excluding hydrogens is 270 g/mol. The van der Waals surface area contributed by atoms with E-state index in [0.29, 0.717) is 13.1 Å². The van der Waals surface area contributed by atoms with Crippen molar-refractivity contribution in [3.8, 4) is 0 Å². The molecule has 0 aliphatic carbocycles. The third kappa shape index (κ3) is 3.57. The molecule has 0 aliphatic rings. The lowest BCUT2D eigenvalue weighted by molar-refractivity contribution is 0.206. The van der Waals surface area contributed by atoms with Crippen LogP contribution in [0.1, 0.15) is 21.7 Å². The molecule has 0 unspecified atom stereocenters. The fraction of sp³-hybridized carbons (Fsp3) is 0.333. The number of carbonyl (C=O) groups is 1. The monoisotopic (exact) mass is 289 g/mol. The number of nitrogens with one attached hydrogen (secondary N) is 1. The third-order valence-corrected chi connectivity index (χ3v) is 4.20. The molecule has 0 bridgehead atoms. The van der Waals surface area contributed by atoms with Crippen LogP contribution >= 0.6 is 11.3 Å². The highest BCUT2D eigenvalue weighted by atomic mass is 32.1. The molecule has 1 heterocycles. The molecule has 106 valence electrons. The van der Waals surface area contributed by atoms with Gasteiger partial charge < -0.3 is 10.2 Å². The van der Waals surface area contributed by atoms with Gasteiger partial charge in [0, 0.05) is 18.5 Å². The second-order valence-corrected chi connectivity index (χ2v) is 5.74. The van der Waals surface area contributed by atoms with E-state index in [1.807, 2.05) is 25.1 Å². The number of nitrogens with zero attached hydrogens (tertiary/aromatic N) is 2. The first-order valence-corrected chi connectivity index (χ1v) is 7.38. The summed E-state index contributed by atoms with van der Waals surface area (Å²) >= 11 is 1.57. The van der Waals surface area contributed by atoms with Crippen LogP contribution in [0.3, 0.4) is 0 Å². The predicted molar refractivity (Wildman–Crippen MR) is 81.7 cm³/mol. The van der Waals surface area contributed by atoms with Crippen molar-refractivity contribution in [1.29, 1.82) is 0 Å². The van der Waals surface area contributed by atoms with E-state index in [4.69, 9.17) is 0 Å². The average Bonchev–Trinajstić information content (AvgIpc) is 2.84. The number of amides is 2. The van der Waals surface area contributed by atoms with Gasteiger partial charge in [0.05, 0.1) is 17.7 Å². The van der Waals surface area contributed by atoms with Crippen LogP contribution < -0.4 is 5.32 Å². The summed E-state index contributed by atoms with van der Waals surface area (Å²) in [6, 6.07) is 8.04.